The van der Waals surface area contributed by atoms with Crippen molar-refractivity contribution >= 4 is 35.1 Å². The van der Waals surface area contributed by atoms with Gasteiger partial charge in [-0.1, -0.05) is 97.1 Å². The van der Waals surface area contributed by atoms with Gasteiger partial charge in [0, 0.05) is 0 Å². The first-order valence-electron chi connectivity index (χ1n) is 9.71. The Hall–Kier alpha value is -3.38. The molecule has 0 aromatic heterocycles. The van der Waals surface area contributed by atoms with Crippen molar-refractivity contribution in [3.8, 4) is 0 Å². The Balaban J connectivity index is 1.79. The second-order valence-corrected chi connectivity index (χ2v) is 7.21. The smallest absolute Gasteiger partial charge is 0.0177 e. The molecule has 0 nitrogen and oxygen atoms in total. The van der Waals surface area contributed by atoms with Crippen LogP contribution < -0.4 is 0 Å². The van der Waals surface area contributed by atoms with Crippen LogP contribution in [0.5, 0.6) is 0 Å². The zero-order valence-corrected chi connectivity index (χ0v) is 16.4. The van der Waals surface area contributed by atoms with Crippen molar-refractivity contribution < 1.29 is 0 Å². The summed E-state index contributed by atoms with van der Waals surface area (Å²) in [5.74, 6) is 0. The SMILES string of the molecule is Cc1ccccc1/C=C/c1cc2ccccc2cc1/C=C/c1ccccc1C. The van der Waals surface area contributed by atoms with Gasteiger partial charge in [-0.25, -0.2) is 0 Å². The minimum absolute atomic E-state index is 1.23. The average molecular weight is 361 g/mol. The summed E-state index contributed by atoms with van der Waals surface area (Å²) in [5, 5.41) is 2.53. The molecular weight excluding hydrogens is 336 g/mol. The molecule has 0 heterocycles. The molecule has 0 fully saturated rings. The normalized spacial score (nSPS) is 11.6. The first-order valence-corrected chi connectivity index (χ1v) is 9.71. The highest BCUT2D eigenvalue weighted by Gasteiger charge is 2.02. The first-order chi connectivity index (χ1) is 13.7. The summed E-state index contributed by atoms with van der Waals surface area (Å²) in [7, 11) is 0. The fraction of sp³-hybridized carbons (Fsp3) is 0.0714. The van der Waals surface area contributed by atoms with E-state index in [2.05, 4.69) is 123 Å². The van der Waals surface area contributed by atoms with Crippen LogP contribution in [0.15, 0.2) is 84.9 Å². The lowest BCUT2D eigenvalue weighted by molar-refractivity contribution is 1.44. The van der Waals surface area contributed by atoms with E-state index in [1.54, 1.807) is 0 Å². The maximum absolute atomic E-state index is 2.28. The molecule has 0 aliphatic carbocycles. The van der Waals surface area contributed by atoms with Gasteiger partial charge in [-0.2, -0.15) is 0 Å². The Bertz CT molecular complexity index is 1080. The monoisotopic (exact) mass is 360 g/mol. The van der Waals surface area contributed by atoms with E-state index in [9.17, 15) is 0 Å². The fourth-order valence-corrected chi connectivity index (χ4v) is 3.47. The van der Waals surface area contributed by atoms with Crippen molar-refractivity contribution in [2.24, 2.45) is 0 Å². The molecule has 0 atom stereocenters. The van der Waals surface area contributed by atoms with Gasteiger partial charge in [0.15, 0.2) is 0 Å². The van der Waals surface area contributed by atoms with Gasteiger partial charge in [0.1, 0.15) is 0 Å². The van der Waals surface area contributed by atoms with E-state index >= 15 is 0 Å². The van der Waals surface area contributed by atoms with Crippen molar-refractivity contribution in [1.29, 1.82) is 0 Å². The number of rotatable bonds is 4. The molecule has 28 heavy (non-hydrogen) atoms. The van der Waals surface area contributed by atoms with E-state index in [0.29, 0.717) is 0 Å². The van der Waals surface area contributed by atoms with Crippen LogP contribution in [0.1, 0.15) is 33.4 Å². The molecule has 136 valence electrons. The second-order valence-electron chi connectivity index (χ2n) is 7.21. The van der Waals surface area contributed by atoms with Gasteiger partial charge in [0.2, 0.25) is 0 Å². The van der Waals surface area contributed by atoms with E-state index in [0.717, 1.165) is 0 Å². The molecule has 4 aromatic carbocycles. The van der Waals surface area contributed by atoms with Crippen molar-refractivity contribution in [1.82, 2.24) is 0 Å². The minimum Gasteiger partial charge on any atom is -0.0620 e. The third-order valence-electron chi connectivity index (χ3n) is 5.21. The van der Waals surface area contributed by atoms with E-state index in [1.165, 1.54) is 44.2 Å². The predicted molar refractivity (Wildman–Crippen MR) is 124 cm³/mol. The summed E-state index contributed by atoms with van der Waals surface area (Å²) in [6, 6.07) is 30.1. The molecule has 4 aromatic rings. The molecular formula is C28H24. The lowest BCUT2D eigenvalue weighted by Crippen LogP contribution is -1.85. The molecule has 4 rings (SSSR count). The highest BCUT2D eigenvalue weighted by Crippen LogP contribution is 2.25. The van der Waals surface area contributed by atoms with Gasteiger partial charge >= 0.3 is 0 Å². The average Bonchev–Trinajstić information content (AvgIpc) is 2.72. The molecule has 0 saturated heterocycles. The lowest BCUT2D eigenvalue weighted by Gasteiger charge is -2.07. The summed E-state index contributed by atoms with van der Waals surface area (Å²) in [6.45, 7) is 4.30. The van der Waals surface area contributed by atoms with Gasteiger partial charge in [0.05, 0.1) is 0 Å². The van der Waals surface area contributed by atoms with Crippen LogP contribution in [0, 0.1) is 13.8 Å². The topological polar surface area (TPSA) is 0 Å². The number of aryl methyl sites for hydroxylation is 2. The van der Waals surface area contributed by atoms with E-state index in [1.807, 2.05) is 0 Å². The number of benzene rings is 4. The molecule has 0 aliphatic heterocycles. The summed E-state index contributed by atoms with van der Waals surface area (Å²) in [5.41, 5.74) is 7.54. The maximum atomic E-state index is 2.28. The van der Waals surface area contributed by atoms with Crippen molar-refractivity contribution in [3.63, 3.8) is 0 Å². The van der Waals surface area contributed by atoms with Gasteiger partial charge in [-0.05, 0) is 70.1 Å². The molecule has 0 amide bonds. The Morgan fingerprint density at radius 2 is 0.786 bits per heavy atom. The van der Waals surface area contributed by atoms with Crippen LogP contribution >= 0.6 is 0 Å². The van der Waals surface area contributed by atoms with Crippen LogP contribution in [-0.2, 0) is 0 Å². The van der Waals surface area contributed by atoms with Crippen LogP contribution in [0.25, 0.3) is 35.1 Å². The Kier molecular flexibility index (Phi) is 5.21. The second kappa shape index (κ2) is 8.10. The van der Waals surface area contributed by atoms with Crippen LogP contribution in [0.2, 0.25) is 0 Å². The highest BCUT2D eigenvalue weighted by molar-refractivity contribution is 5.91. The Morgan fingerprint density at radius 3 is 1.21 bits per heavy atom. The number of fused-ring (bicyclic) bond motifs is 1. The Morgan fingerprint density at radius 1 is 0.429 bits per heavy atom. The molecule has 0 N–H and O–H groups in total. The molecule has 0 bridgehead atoms. The molecule has 0 saturated carbocycles. The van der Waals surface area contributed by atoms with Crippen LogP contribution in [0.4, 0.5) is 0 Å². The summed E-state index contributed by atoms with van der Waals surface area (Å²) in [4.78, 5) is 0. The molecule has 0 aliphatic rings. The Labute approximate surface area is 167 Å². The van der Waals surface area contributed by atoms with Gasteiger partial charge in [-0.15, -0.1) is 0 Å². The van der Waals surface area contributed by atoms with Crippen molar-refractivity contribution in [2.45, 2.75) is 13.8 Å². The molecule has 0 radical (unpaired) electrons. The van der Waals surface area contributed by atoms with E-state index in [-0.39, 0.29) is 0 Å². The lowest BCUT2D eigenvalue weighted by atomic mass is 9.98. The predicted octanol–water partition coefficient (Wildman–Crippen LogP) is 7.80. The minimum atomic E-state index is 1.23. The third-order valence-corrected chi connectivity index (χ3v) is 5.21. The van der Waals surface area contributed by atoms with Crippen LogP contribution in [-0.4, -0.2) is 0 Å². The molecule has 0 heteroatoms. The van der Waals surface area contributed by atoms with E-state index < -0.39 is 0 Å². The van der Waals surface area contributed by atoms with Gasteiger partial charge in [0.25, 0.3) is 0 Å². The number of hydrogen-bond donors (Lipinski definition) is 0. The number of hydrogen-bond acceptors (Lipinski definition) is 0. The van der Waals surface area contributed by atoms with E-state index in [4.69, 9.17) is 0 Å². The summed E-state index contributed by atoms with van der Waals surface area (Å²) >= 11 is 0. The largest absolute Gasteiger partial charge is 0.0620 e. The zero-order chi connectivity index (χ0) is 19.3. The first kappa shape index (κ1) is 18.0. The van der Waals surface area contributed by atoms with Gasteiger partial charge < -0.3 is 0 Å². The van der Waals surface area contributed by atoms with Gasteiger partial charge in [-0.3, -0.25) is 0 Å². The summed E-state index contributed by atoms with van der Waals surface area (Å²) < 4.78 is 0. The molecule has 0 spiro atoms. The quantitative estimate of drug-likeness (QED) is 0.326. The zero-order valence-electron chi connectivity index (χ0n) is 16.4. The standard InChI is InChI=1S/C28H24/c1-21-9-3-5-11-23(21)15-17-27-19-25-13-7-8-14-26(25)20-28(27)18-16-24-12-6-4-10-22(24)2/h3-20H,1-2H3/b17-15+,18-16+. The van der Waals surface area contributed by atoms with Crippen LogP contribution in [0.3, 0.4) is 0 Å². The van der Waals surface area contributed by atoms with Crippen molar-refractivity contribution in [3.05, 3.63) is 118 Å². The maximum Gasteiger partial charge on any atom is -0.0177 e. The molecule has 0 unspecified atom stereocenters. The summed E-state index contributed by atoms with van der Waals surface area (Å²) in [6.07, 6.45) is 8.88. The highest BCUT2D eigenvalue weighted by atomic mass is 14.1. The fourth-order valence-electron chi connectivity index (χ4n) is 3.47. The van der Waals surface area contributed by atoms with Crippen molar-refractivity contribution in [2.75, 3.05) is 0 Å². The third kappa shape index (κ3) is 3.97.